The molecule has 5 rings (SSSR count). The molecule has 5 N–H and O–H groups in total. The maximum atomic E-state index is 11.4. The Morgan fingerprint density at radius 3 is 2.06 bits per heavy atom. The number of methoxy groups -OCH3 is 2. The van der Waals surface area contributed by atoms with Gasteiger partial charge in [0.15, 0.2) is 0 Å². The maximum Gasteiger partial charge on any atom is 0.130 e. The van der Waals surface area contributed by atoms with E-state index in [2.05, 4.69) is 6.08 Å². The molecule has 0 aliphatic carbocycles. The van der Waals surface area contributed by atoms with Crippen molar-refractivity contribution in [2.45, 2.75) is 78.2 Å². The molecular formula is C42H48O8. The highest BCUT2D eigenvalue weighted by atomic mass is 16.5. The fourth-order valence-corrected chi connectivity index (χ4v) is 6.72. The van der Waals surface area contributed by atoms with Crippen LogP contribution in [0.2, 0.25) is 0 Å². The summed E-state index contributed by atoms with van der Waals surface area (Å²) in [5.41, 5.74) is 7.13. The zero-order valence-corrected chi connectivity index (χ0v) is 29.7. The van der Waals surface area contributed by atoms with Crippen LogP contribution in [0.3, 0.4) is 0 Å². The van der Waals surface area contributed by atoms with Gasteiger partial charge in [-0.3, -0.25) is 0 Å². The minimum Gasteiger partial charge on any atom is -0.508 e. The van der Waals surface area contributed by atoms with Crippen LogP contribution in [0.25, 0.3) is 0 Å². The third-order valence-corrected chi connectivity index (χ3v) is 9.42. The summed E-state index contributed by atoms with van der Waals surface area (Å²) in [5, 5.41) is 55.1. The molecular weight excluding hydrogens is 632 g/mol. The van der Waals surface area contributed by atoms with Crippen LogP contribution >= 0.6 is 0 Å². The van der Waals surface area contributed by atoms with E-state index in [9.17, 15) is 25.5 Å². The molecule has 0 aromatic heterocycles. The van der Waals surface area contributed by atoms with E-state index < -0.39 is 12.0 Å². The molecule has 1 aliphatic rings. The number of ether oxygens (including phenoxy) is 3. The number of fused-ring (bicyclic) bond motifs is 1. The molecule has 8 nitrogen and oxygen atoms in total. The maximum absolute atomic E-state index is 11.4. The first-order valence-corrected chi connectivity index (χ1v) is 17.0. The van der Waals surface area contributed by atoms with Crippen molar-refractivity contribution >= 4 is 0 Å². The van der Waals surface area contributed by atoms with Gasteiger partial charge in [0.1, 0.15) is 52.1 Å². The second-order valence-corrected chi connectivity index (χ2v) is 13.4. The number of aryl methyl sites for hydroxylation is 2. The predicted molar refractivity (Wildman–Crippen MR) is 195 cm³/mol. The number of rotatable bonds is 12. The molecule has 0 spiro atoms. The molecule has 8 heteroatoms. The smallest absolute Gasteiger partial charge is 0.130 e. The van der Waals surface area contributed by atoms with Crippen molar-refractivity contribution in [1.82, 2.24) is 0 Å². The first-order valence-electron chi connectivity index (χ1n) is 17.0. The van der Waals surface area contributed by atoms with Crippen LogP contribution in [0.4, 0.5) is 0 Å². The van der Waals surface area contributed by atoms with Gasteiger partial charge in [-0.25, -0.2) is 0 Å². The number of allylic oxidation sites excluding steroid dienone is 4. The van der Waals surface area contributed by atoms with Crippen molar-refractivity contribution in [1.29, 1.82) is 0 Å². The Hall–Kier alpha value is -5.24. The lowest BCUT2D eigenvalue weighted by Crippen LogP contribution is -2.18. The average Bonchev–Trinajstić information content (AvgIpc) is 3.08. The lowest BCUT2D eigenvalue weighted by Gasteiger charge is -2.30. The van der Waals surface area contributed by atoms with E-state index in [1.54, 1.807) is 26.4 Å². The van der Waals surface area contributed by atoms with Gasteiger partial charge in [-0.05, 0) is 102 Å². The topological polar surface area (TPSA) is 129 Å². The van der Waals surface area contributed by atoms with Gasteiger partial charge in [0.05, 0.1) is 14.2 Å². The van der Waals surface area contributed by atoms with Crippen molar-refractivity contribution in [3.63, 3.8) is 0 Å². The minimum atomic E-state index is -0.582. The van der Waals surface area contributed by atoms with Crippen molar-refractivity contribution in [2.75, 3.05) is 14.2 Å². The Kier molecular flexibility index (Phi) is 11.2. The van der Waals surface area contributed by atoms with Gasteiger partial charge in [-0.15, -0.1) is 0 Å². The molecule has 0 radical (unpaired) electrons. The second-order valence-electron chi connectivity index (χ2n) is 13.4. The van der Waals surface area contributed by atoms with Crippen molar-refractivity contribution in [3.05, 3.63) is 117 Å². The molecule has 50 heavy (non-hydrogen) atoms. The molecule has 0 fully saturated rings. The molecule has 264 valence electrons. The Morgan fingerprint density at radius 1 is 0.760 bits per heavy atom. The van der Waals surface area contributed by atoms with Gasteiger partial charge in [-0.2, -0.15) is 0 Å². The van der Waals surface area contributed by atoms with E-state index in [1.165, 1.54) is 23.8 Å². The van der Waals surface area contributed by atoms with E-state index in [4.69, 9.17) is 14.2 Å². The van der Waals surface area contributed by atoms with Gasteiger partial charge in [0, 0.05) is 45.9 Å². The zero-order chi connectivity index (χ0) is 36.1. The summed E-state index contributed by atoms with van der Waals surface area (Å²) < 4.78 is 17.9. The minimum absolute atomic E-state index is 0.0917. The largest absolute Gasteiger partial charge is 0.508 e. The van der Waals surface area contributed by atoms with E-state index >= 15 is 0 Å². The molecule has 0 bridgehead atoms. The molecule has 4 aromatic rings. The average molecular weight is 681 g/mol. The Balaban J connectivity index is 1.55. The summed E-state index contributed by atoms with van der Waals surface area (Å²) in [4.78, 5) is 0. The van der Waals surface area contributed by atoms with Crippen LogP contribution in [-0.4, -0.2) is 39.8 Å². The standard InChI is InChI=1S/C42H48O8/c1-24(2)7-14-31-38(48-5)18-10-26(41(31)47)9-16-29(30-17-13-28(43)21-35(30)44)33-22-34(37(46)23-36(33)45)40-20-12-27-11-19-39(49-6)32(42(27)50-40)15-8-25(3)4/h7-8,10-11,13,17-19,21-23,29,40,43-47H,9,12,14-16,20H2,1-6H3/t29-,40+/m1/s1. The second kappa shape index (κ2) is 15.5. The summed E-state index contributed by atoms with van der Waals surface area (Å²) in [6, 6.07) is 15.1. The summed E-state index contributed by atoms with van der Waals surface area (Å²) in [6.45, 7) is 8.09. The summed E-state index contributed by atoms with van der Waals surface area (Å²) in [6.07, 6.45) is 6.85. The number of benzene rings is 4. The van der Waals surface area contributed by atoms with E-state index in [0.29, 0.717) is 65.7 Å². The van der Waals surface area contributed by atoms with Crippen LogP contribution < -0.4 is 14.2 Å². The fraction of sp³-hybridized carbons (Fsp3) is 0.333. The molecule has 1 heterocycles. The van der Waals surface area contributed by atoms with Gasteiger partial charge in [0.2, 0.25) is 0 Å². The Labute approximate surface area is 294 Å². The first kappa shape index (κ1) is 36.1. The van der Waals surface area contributed by atoms with Gasteiger partial charge < -0.3 is 39.7 Å². The van der Waals surface area contributed by atoms with Gasteiger partial charge >= 0.3 is 0 Å². The van der Waals surface area contributed by atoms with Crippen LogP contribution in [-0.2, 0) is 25.7 Å². The fourth-order valence-electron chi connectivity index (χ4n) is 6.72. The third kappa shape index (κ3) is 7.80. The van der Waals surface area contributed by atoms with Crippen LogP contribution in [0.15, 0.2) is 77.9 Å². The molecule has 4 aromatic carbocycles. The summed E-state index contributed by atoms with van der Waals surface area (Å²) in [7, 11) is 3.21. The Bertz CT molecular complexity index is 1910. The monoisotopic (exact) mass is 680 g/mol. The van der Waals surface area contributed by atoms with Crippen molar-refractivity contribution in [2.24, 2.45) is 0 Å². The van der Waals surface area contributed by atoms with Crippen molar-refractivity contribution in [3.8, 4) is 46.0 Å². The number of phenolic OH excluding ortho intramolecular Hbond substituents is 5. The first-order chi connectivity index (χ1) is 23.9. The molecule has 1 aliphatic heterocycles. The summed E-state index contributed by atoms with van der Waals surface area (Å²) in [5.74, 6) is 1.14. The number of hydrogen-bond donors (Lipinski definition) is 5. The van der Waals surface area contributed by atoms with Crippen LogP contribution in [0.1, 0.15) is 91.5 Å². The zero-order valence-electron chi connectivity index (χ0n) is 29.7. The van der Waals surface area contributed by atoms with Gasteiger partial charge in [-0.1, -0.05) is 41.5 Å². The molecule has 0 saturated heterocycles. The number of hydrogen-bond acceptors (Lipinski definition) is 8. The van der Waals surface area contributed by atoms with E-state index in [-0.39, 0.29) is 28.7 Å². The number of phenols is 5. The number of aromatic hydroxyl groups is 5. The highest BCUT2D eigenvalue weighted by Gasteiger charge is 2.30. The van der Waals surface area contributed by atoms with Crippen LogP contribution in [0.5, 0.6) is 46.0 Å². The lowest BCUT2D eigenvalue weighted by atomic mass is 9.83. The summed E-state index contributed by atoms with van der Waals surface area (Å²) >= 11 is 0. The van der Waals surface area contributed by atoms with E-state index in [1.807, 2.05) is 58.0 Å². The highest BCUT2D eigenvalue weighted by molar-refractivity contribution is 5.56. The SMILES string of the molecule is COc1ccc(CC[C@H](c2ccc(O)cc2O)c2cc([C@@H]3CCc4ccc(OC)c(CC=C(C)C)c4O3)c(O)cc2O)c(O)c1CC=C(C)C. The lowest BCUT2D eigenvalue weighted by molar-refractivity contribution is 0.170. The molecule has 0 unspecified atom stereocenters. The predicted octanol–water partition coefficient (Wildman–Crippen LogP) is 9.08. The molecule has 0 saturated carbocycles. The van der Waals surface area contributed by atoms with Crippen LogP contribution in [0, 0.1) is 0 Å². The normalized spacial score (nSPS) is 14.2. The molecule has 2 atom stereocenters. The quantitative estimate of drug-likeness (QED) is 0.0938. The van der Waals surface area contributed by atoms with E-state index in [0.717, 1.165) is 34.6 Å². The molecule has 0 amide bonds. The Morgan fingerprint density at radius 2 is 1.40 bits per heavy atom. The third-order valence-electron chi connectivity index (χ3n) is 9.42. The van der Waals surface area contributed by atoms with Gasteiger partial charge in [0.25, 0.3) is 0 Å². The highest BCUT2D eigenvalue weighted by Crippen LogP contribution is 2.47. The van der Waals surface area contributed by atoms with Crippen molar-refractivity contribution < 1.29 is 39.7 Å².